The fourth-order valence-electron chi connectivity index (χ4n) is 3.48. The molecule has 0 aromatic heterocycles. The van der Waals surface area contributed by atoms with Crippen molar-refractivity contribution in [3.63, 3.8) is 0 Å². The van der Waals surface area contributed by atoms with Gasteiger partial charge < -0.3 is 20.1 Å². The van der Waals surface area contributed by atoms with Crippen LogP contribution in [0.3, 0.4) is 0 Å². The molecule has 158 valence electrons. The summed E-state index contributed by atoms with van der Waals surface area (Å²) < 4.78 is 10.6. The molecule has 1 unspecified atom stereocenters. The number of urea groups is 1. The predicted molar refractivity (Wildman–Crippen MR) is 114 cm³/mol. The van der Waals surface area contributed by atoms with Crippen molar-refractivity contribution in [2.45, 2.75) is 19.5 Å². The van der Waals surface area contributed by atoms with E-state index in [1.165, 1.54) is 0 Å². The number of carbonyl (C=O) groups is 2. The number of carbonyl (C=O) groups excluding carboxylic acids is 2. The maximum Gasteiger partial charge on any atom is 0.338 e. The fourth-order valence-corrected chi connectivity index (χ4v) is 3.48. The maximum atomic E-state index is 12.9. The summed E-state index contributed by atoms with van der Waals surface area (Å²) in [6, 6.07) is 16.3. The first-order valence-corrected chi connectivity index (χ1v) is 9.86. The number of nitrogens with zero attached hydrogens (tertiary/aromatic N) is 1. The van der Waals surface area contributed by atoms with Crippen molar-refractivity contribution in [3.05, 3.63) is 77.0 Å². The third-order valence-electron chi connectivity index (χ3n) is 4.80. The Bertz CT molecular complexity index is 927. The van der Waals surface area contributed by atoms with Crippen LogP contribution >= 0.6 is 0 Å². The van der Waals surface area contributed by atoms with E-state index in [0.717, 1.165) is 11.1 Å². The molecule has 3 rings (SSSR count). The summed E-state index contributed by atoms with van der Waals surface area (Å²) >= 11 is 0. The third-order valence-corrected chi connectivity index (χ3v) is 4.80. The molecule has 1 aliphatic heterocycles. The first-order valence-electron chi connectivity index (χ1n) is 9.86. The van der Waals surface area contributed by atoms with Crippen LogP contribution in [0.2, 0.25) is 0 Å². The Labute approximate surface area is 176 Å². The summed E-state index contributed by atoms with van der Waals surface area (Å²) in [5, 5.41) is 5.65. The SMILES string of the molecule is CCOC(=O)C1=C(CN(C)Cc2ccccc2)NC(=O)NC1c1cccc(OC)c1. The topological polar surface area (TPSA) is 79.9 Å². The van der Waals surface area contributed by atoms with E-state index in [1.54, 1.807) is 20.1 Å². The zero-order chi connectivity index (χ0) is 21.5. The molecule has 2 amide bonds. The van der Waals surface area contributed by atoms with Crippen molar-refractivity contribution < 1.29 is 19.1 Å². The lowest BCUT2D eigenvalue weighted by Crippen LogP contribution is -2.48. The highest BCUT2D eigenvalue weighted by Crippen LogP contribution is 2.30. The maximum absolute atomic E-state index is 12.9. The zero-order valence-electron chi connectivity index (χ0n) is 17.5. The smallest absolute Gasteiger partial charge is 0.338 e. The molecule has 2 N–H and O–H groups in total. The molecule has 2 aromatic rings. The minimum atomic E-state index is -0.631. The van der Waals surface area contributed by atoms with Crippen molar-refractivity contribution in [2.24, 2.45) is 0 Å². The fraction of sp³-hybridized carbons (Fsp3) is 0.304. The van der Waals surface area contributed by atoms with E-state index in [9.17, 15) is 9.59 Å². The third kappa shape index (κ3) is 5.18. The van der Waals surface area contributed by atoms with E-state index in [-0.39, 0.29) is 12.6 Å². The Kier molecular flexibility index (Phi) is 7.08. The molecule has 2 aromatic carbocycles. The number of amides is 2. The van der Waals surface area contributed by atoms with Gasteiger partial charge in [0.1, 0.15) is 5.75 Å². The Morgan fingerprint density at radius 1 is 1.10 bits per heavy atom. The van der Waals surface area contributed by atoms with E-state index < -0.39 is 12.0 Å². The van der Waals surface area contributed by atoms with Crippen LogP contribution in [0.4, 0.5) is 4.79 Å². The van der Waals surface area contributed by atoms with Crippen molar-refractivity contribution >= 4 is 12.0 Å². The summed E-state index contributed by atoms with van der Waals surface area (Å²) in [5.41, 5.74) is 2.81. The Morgan fingerprint density at radius 2 is 1.87 bits per heavy atom. The number of methoxy groups -OCH3 is 1. The van der Waals surface area contributed by atoms with Crippen LogP contribution in [-0.4, -0.2) is 44.2 Å². The van der Waals surface area contributed by atoms with Gasteiger partial charge in [0.05, 0.1) is 25.3 Å². The largest absolute Gasteiger partial charge is 0.497 e. The van der Waals surface area contributed by atoms with Gasteiger partial charge in [-0.05, 0) is 37.2 Å². The highest BCUT2D eigenvalue weighted by molar-refractivity contribution is 5.95. The second-order valence-corrected chi connectivity index (χ2v) is 7.08. The van der Waals surface area contributed by atoms with E-state index in [2.05, 4.69) is 10.6 Å². The van der Waals surface area contributed by atoms with Crippen LogP contribution in [0.25, 0.3) is 0 Å². The summed E-state index contributed by atoms with van der Waals surface area (Å²) in [5.74, 6) is 0.187. The molecule has 1 atom stereocenters. The van der Waals surface area contributed by atoms with Crippen molar-refractivity contribution in [2.75, 3.05) is 27.3 Å². The molecule has 0 spiro atoms. The molecule has 0 bridgehead atoms. The first-order chi connectivity index (χ1) is 14.5. The van der Waals surface area contributed by atoms with Gasteiger partial charge in [0.2, 0.25) is 0 Å². The summed E-state index contributed by atoms with van der Waals surface area (Å²) in [6.07, 6.45) is 0. The van der Waals surface area contributed by atoms with Gasteiger partial charge in [0.25, 0.3) is 0 Å². The number of nitrogens with one attached hydrogen (secondary N) is 2. The van der Waals surface area contributed by atoms with Gasteiger partial charge >= 0.3 is 12.0 Å². The van der Waals surface area contributed by atoms with E-state index in [1.807, 2.05) is 60.5 Å². The second kappa shape index (κ2) is 9.93. The minimum Gasteiger partial charge on any atom is -0.497 e. The number of ether oxygens (including phenoxy) is 2. The molecule has 1 heterocycles. The molecule has 7 heteroatoms. The quantitative estimate of drug-likeness (QED) is 0.655. The van der Waals surface area contributed by atoms with Crippen LogP contribution in [0.5, 0.6) is 5.75 Å². The van der Waals surface area contributed by atoms with Crippen LogP contribution in [-0.2, 0) is 16.1 Å². The molecular formula is C23H27N3O4. The lowest BCUT2D eigenvalue weighted by Gasteiger charge is -2.31. The normalized spacial score (nSPS) is 16.1. The highest BCUT2D eigenvalue weighted by Gasteiger charge is 2.34. The summed E-state index contributed by atoms with van der Waals surface area (Å²) in [6.45, 7) is 3.06. The van der Waals surface area contributed by atoms with Crippen LogP contribution < -0.4 is 15.4 Å². The van der Waals surface area contributed by atoms with Crippen molar-refractivity contribution in [3.8, 4) is 5.75 Å². The van der Waals surface area contributed by atoms with E-state index >= 15 is 0 Å². The van der Waals surface area contributed by atoms with E-state index in [0.29, 0.717) is 30.1 Å². The van der Waals surface area contributed by atoms with Crippen LogP contribution in [0.15, 0.2) is 65.9 Å². The highest BCUT2D eigenvalue weighted by atomic mass is 16.5. The van der Waals surface area contributed by atoms with Gasteiger partial charge in [-0.15, -0.1) is 0 Å². The number of likely N-dealkylation sites (N-methyl/N-ethyl adjacent to an activating group) is 1. The molecular weight excluding hydrogens is 382 g/mol. The van der Waals surface area contributed by atoms with Crippen LogP contribution in [0, 0.1) is 0 Å². The molecule has 0 radical (unpaired) electrons. The Morgan fingerprint density at radius 3 is 2.57 bits per heavy atom. The second-order valence-electron chi connectivity index (χ2n) is 7.08. The standard InChI is InChI=1S/C23H27N3O4/c1-4-30-22(27)20-19(15-26(2)14-16-9-6-5-7-10-16)24-23(28)25-21(20)17-11-8-12-18(13-17)29-3/h5-13,21H,4,14-15H2,1-3H3,(H2,24,25,28). The molecule has 0 saturated heterocycles. The monoisotopic (exact) mass is 409 g/mol. The number of rotatable bonds is 8. The average molecular weight is 409 g/mol. The summed E-state index contributed by atoms with van der Waals surface area (Å²) in [7, 11) is 3.52. The van der Waals surface area contributed by atoms with Gasteiger partial charge in [0, 0.05) is 18.8 Å². The van der Waals surface area contributed by atoms with Gasteiger partial charge in [-0.1, -0.05) is 42.5 Å². The molecule has 7 nitrogen and oxygen atoms in total. The summed E-state index contributed by atoms with van der Waals surface area (Å²) in [4.78, 5) is 27.3. The lowest BCUT2D eigenvalue weighted by atomic mass is 9.94. The molecule has 0 fully saturated rings. The number of hydrogen-bond donors (Lipinski definition) is 2. The molecule has 0 saturated carbocycles. The lowest BCUT2D eigenvalue weighted by molar-refractivity contribution is -0.139. The predicted octanol–water partition coefficient (Wildman–Crippen LogP) is 3.00. The number of hydrogen-bond acceptors (Lipinski definition) is 5. The Hall–Kier alpha value is -3.32. The minimum absolute atomic E-state index is 0.244. The first kappa shape index (κ1) is 21.4. The molecule has 30 heavy (non-hydrogen) atoms. The van der Waals surface area contributed by atoms with Crippen molar-refractivity contribution in [1.82, 2.24) is 15.5 Å². The Balaban J connectivity index is 1.95. The number of benzene rings is 2. The van der Waals surface area contributed by atoms with Gasteiger partial charge in [-0.2, -0.15) is 0 Å². The number of esters is 1. The molecule has 1 aliphatic rings. The van der Waals surface area contributed by atoms with Crippen molar-refractivity contribution in [1.29, 1.82) is 0 Å². The molecule has 0 aliphatic carbocycles. The van der Waals surface area contributed by atoms with Crippen LogP contribution in [0.1, 0.15) is 24.1 Å². The van der Waals surface area contributed by atoms with E-state index in [4.69, 9.17) is 9.47 Å². The zero-order valence-corrected chi connectivity index (χ0v) is 17.5. The average Bonchev–Trinajstić information content (AvgIpc) is 2.74. The van der Waals surface area contributed by atoms with Gasteiger partial charge in [0.15, 0.2) is 0 Å². The van der Waals surface area contributed by atoms with Gasteiger partial charge in [-0.25, -0.2) is 9.59 Å². The van der Waals surface area contributed by atoms with Gasteiger partial charge in [-0.3, -0.25) is 4.90 Å².